The van der Waals surface area contributed by atoms with Gasteiger partial charge in [0.1, 0.15) is 27.3 Å². The monoisotopic (exact) mass is 534 g/mol. The van der Waals surface area contributed by atoms with E-state index in [0.29, 0.717) is 0 Å². The molecule has 0 unspecified atom stereocenters. The SMILES string of the molecule is CC[Si](C#Cc1c2cc3ccoc3cc2c(C#C[Si](CC)(CC)CC)c2cc3occc3cc12)(CC)CC. The van der Waals surface area contributed by atoms with E-state index >= 15 is 0 Å². The molecule has 2 aromatic heterocycles. The lowest BCUT2D eigenvalue weighted by Crippen LogP contribution is -2.29. The van der Waals surface area contributed by atoms with Crippen molar-refractivity contribution in [3.05, 3.63) is 60.1 Å². The summed E-state index contributed by atoms with van der Waals surface area (Å²) in [6.45, 7) is 13.9. The van der Waals surface area contributed by atoms with E-state index in [0.717, 1.165) is 43.8 Å². The number of furan rings is 2. The Kier molecular flexibility index (Phi) is 7.32. The lowest BCUT2D eigenvalue weighted by molar-refractivity contribution is 0.616. The first-order chi connectivity index (χ1) is 18.5. The number of fused-ring (bicyclic) bond motifs is 4. The van der Waals surface area contributed by atoms with Crippen LogP contribution in [0.3, 0.4) is 0 Å². The zero-order valence-corrected chi connectivity index (χ0v) is 25.7. The molecular weight excluding hydrogens is 497 g/mol. The average molecular weight is 535 g/mol. The Labute approximate surface area is 228 Å². The molecule has 38 heavy (non-hydrogen) atoms. The van der Waals surface area contributed by atoms with Gasteiger partial charge >= 0.3 is 0 Å². The third kappa shape index (κ3) is 4.41. The van der Waals surface area contributed by atoms with Crippen LogP contribution in [0.1, 0.15) is 52.7 Å². The molecule has 0 saturated heterocycles. The topological polar surface area (TPSA) is 26.3 Å². The molecule has 4 heteroatoms. The zero-order valence-electron chi connectivity index (χ0n) is 23.7. The summed E-state index contributed by atoms with van der Waals surface area (Å²) >= 11 is 0. The van der Waals surface area contributed by atoms with Gasteiger partial charge in [0.15, 0.2) is 0 Å². The van der Waals surface area contributed by atoms with Crippen LogP contribution in [0.15, 0.2) is 57.8 Å². The van der Waals surface area contributed by atoms with Gasteiger partial charge in [-0.3, -0.25) is 0 Å². The van der Waals surface area contributed by atoms with Crippen LogP contribution in [0, 0.1) is 22.9 Å². The highest BCUT2D eigenvalue weighted by molar-refractivity contribution is 6.87. The molecule has 5 aromatic rings. The van der Waals surface area contributed by atoms with Gasteiger partial charge in [-0.2, -0.15) is 0 Å². The van der Waals surface area contributed by atoms with Crippen molar-refractivity contribution in [3.63, 3.8) is 0 Å². The highest BCUT2D eigenvalue weighted by atomic mass is 28.3. The van der Waals surface area contributed by atoms with Gasteiger partial charge in [-0.1, -0.05) is 53.4 Å². The summed E-state index contributed by atoms with van der Waals surface area (Å²) < 4.78 is 11.8. The van der Waals surface area contributed by atoms with Crippen molar-refractivity contribution in [2.45, 2.75) is 77.8 Å². The minimum Gasteiger partial charge on any atom is -0.464 e. The Morgan fingerprint density at radius 2 is 0.868 bits per heavy atom. The standard InChI is InChI=1S/C34H38O2Si2/c1-7-37(8-2,9-3)19-15-27-29-21-25-13-17-35-33(25)23-31(29)28(16-20-38(10-4,11-5)12-6)32-24-34-26(14-18-36-34)22-30(27)32/h13-14,17-18,21-24H,7-12H2,1-6H3. The van der Waals surface area contributed by atoms with Gasteiger partial charge in [-0.15, -0.1) is 11.1 Å². The van der Waals surface area contributed by atoms with E-state index in [2.05, 4.69) is 88.7 Å². The van der Waals surface area contributed by atoms with Gasteiger partial charge in [-0.25, -0.2) is 0 Å². The maximum atomic E-state index is 5.88. The summed E-state index contributed by atoms with van der Waals surface area (Å²) in [6, 6.07) is 20.1. The van der Waals surface area contributed by atoms with Crippen LogP contribution < -0.4 is 0 Å². The normalized spacial score (nSPS) is 12.2. The molecule has 2 nitrogen and oxygen atoms in total. The number of hydrogen-bond donors (Lipinski definition) is 0. The Balaban J connectivity index is 1.96. The molecule has 0 aliphatic rings. The van der Waals surface area contributed by atoms with Crippen LogP contribution in [0.2, 0.25) is 36.3 Å². The van der Waals surface area contributed by atoms with E-state index in [9.17, 15) is 0 Å². The first kappa shape index (κ1) is 26.4. The lowest BCUT2D eigenvalue weighted by Gasteiger charge is -2.21. The fourth-order valence-corrected chi connectivity index (χ4v) is 10.7. The predicted molar refractivity (Wildman–Crippen MR) is 169 cm³/mol. The maximum absolute atomic E-state index is 5.88. The third-order valence-corrected chi connectivity index (χ3v) is 18.7. The second-order valence-corrected chi connectivity index (χ2v) is 20.5. The number of hydrogen-bond acceptors (Lipinski definition) is 2. The van der Waals surface area contributed by atoms with Crippen molar-refractivity contribution in [1.82, 2.24) is 0 Å². The molecular formula is C34H38O2Si2. The van der Waals surface area contributed by atoms with E-state index in [4.69, 9.17) is 8.83 Å². The van der Waals surface area contributed by atoms with Gasteiger partial charge in [0, 0.05) is 43.4 Å². The molecule has 0 N–H and O–H groups in total. The van der Waals surface area contributed by atoms with Crippen LogP contribution in [0.5, 0.6) is 0 Å². The fourth-order valence-electron chi connectivity index (χ4n) is 5.83. The minimum absolute atomic E-state index is 0.891. The molecule has 3 aromatic carbocycles. The quantitative estimate of drug-likeness (QED) is 0.123. The molecule has 0 radical (unpaired) electrons. The summed E-state index contributed by atoms with van der Waals surface area (Å²) in [5.74, 6) is 7.54. The number of benzene rings is 3. The van der Waals surface area contributed by atoms with E-state index < -0.39 is 16.1 Å². The van der Waals surface area contributed by atoms with Gasteiger partial charge in [0.05, 0.1) is 12.5 Å². The molecule has 5 rings (SSSR count). The van der Waals surface area contributed by atoms with Crippen molar-refractivity contribution in [1.29, 1.82) is 0 Å². The Morgan fingerprint density at radius 1 is 0.526 bits per heavy atom. The van der Waals surface area contributed by atoms with E-state index in [1.54, 1.807) is 12.5 Å². The summed E-state index contributed by atoms with van der Waals surface area (Å²) in [5, 5.41) is 6.82. The van der Waals surface area contributed by atoms with Gasteiger partial charge in [-0.05, 0) is 72.7 Å². The van der Waals surface area contributed by atoms with Gasteiger partial charge in [0.25, 0.3) is 0 Å². The highest BCUT2D eigenvalue weighted by Crippen LogP contribution is 2.38. The smallest absolute Gasteiger partial charge is 0.138 e. The molecule has 0 aliphatic heterocycles. The summed E-state index contributed by atoms with van der Waals surface area (Å²) in [6.07, 6.45) is 3.55. The third-order valence-electron chi connectivity index (χ3n) is 9.23. The van der Waals surface area contributed by atoms with Crippen LogP contribution >= 0.6 is 0 Å². The van der Waals surface area contributed by atoms with Gasteiger partial charge < -0.3 is 8.83 Å². The van der Waals surface area contributed by atoms with Crippen molar-refractivity contribution in [2.75, 3.05) is 0 Å². The fraction of sp³-hybridized carbons (Fsp3) is 0.353. The molecule has 0 spiro atoms. The second kappa shape index (κ2) is 10.5. The first-order valence-corrected chi connectivity index (χ1v) is 19.5. The van der Waals surface area contributed by atoms with Crippen molar-refractivity contribution in [3.8, 4) is 22.9 Å². The maximum Gasteiger partial charge on any atom is 0.138 e. The Bertz CT molecular complexity index is 1520. The molecule has 0 bridgehead atoms. The highest BCUT2D eigenvalue weighted by Gasteiger charge is 2.26. The molecule has 194 valence electrons. The molecule has 0 amide bonds. The summed E-state index contributed by atoms with van der Waals surface area (Å²) in [5.41, 5.74) is 11.7. The molecule has 0 aliphatic carbocycles. The summed E-state index contributed by atoms with van der Waals surface area (Å²) in [4.78, 5) is 0. The number of rotatable bonds is 6. The average Bonchev–Trinajstić information content (AvgIpc) is 3.62. The largest absolute Gasteiger partial charge is 0.464 e. The Morgan fingerprint density at radius 3 is 1.21 bits per heavy atom. The van der Waals surface area contributed by atoms with Crippen LogP contribution in [-0.2, 0) is 0 Å². The van der Waals surface area contributed by atoms with Crippen LogP contribution in [0.4, 0.5) is 0 Å². The second-order valence-electron chi connectivity index (χ2n) is 10.6. The van der Waals surface area contributed by atoms with Crippen molar-refractivity contribution < 1.29 is 8.83 Å². The Hall–Kier alpha value is -3.19. The van der Waals surface area contributed by atoms with E-state index in [-0.39, 0.29) is 0 Å². The van der Waals surface area contributed by atoms with E-state index in [1.165, 1.54) is 47.0 Å². The van der Waals surface area contributed by atoms with Crippen LogP contribution in [0.25, 0.3) is 43.5 Å². The molecule has 0 fully saturated rings. The molecule has 2 heterocycles. The van der Waals surface area contributed by atoms with Crippen LogP contribution in [-0.4, -0.2) is 16.1 Å². The molecule has 0 atom stereocenters. The molecule has 0 saturated carbocycles. The van der Waals surface area contributed by atoms with E-state index in [1.807, 2.05) is 12.1 Å². The minimum atomic E-state index is -1.66. The van der Waals surface area contributed by atoms with Crippen molar-refractivity contribution >= 4 is 59.6 Å². The predicted octanol–water partition coefficient (Wildman–Crippen LogP) is 10.3. The summed E-state index contributed by atoms with van der Waals surface area (Å²) in [7, 11) is -3.30. The van der Waals surface area contributed by atoms with Gasteiger partial charge in [0.2, 0.25) is 0 Å². The zero-order chi connectivity index (χ0) is 26.9. The van der Waals surface area contributed by atoms with Crippen molar-refractivity contribution in [2.24, 2.45) is 0 Å². The first-order valence-electron chi connectivity index (χ1n) is 14.3. The lowest BCUT2D eigenvalue weighted by atomic mass is 9.91.